The molecule has 0 amide bonds. The molecule has 9 heteroatoms. The molecule has 2 aromatic heterocycles. The molecule has 3 N–H and O–H groups in total. The molecule has 3 rings (SSSR count). The van der Waals surface area contributed by atoms with Crippen molar-refractivity contribution in [3.05, 3.63) is 42.1 Å². The summed E-state index contributed by atoms with van der Waals surface area (Å²) in [6, 6.07) is 4.85. The topological polar surface area (TPSA) is 99.7 Å². The lowest BCUT2D eigenvalue weighted by molar-refractivity contribution is 0.192. The number of nitrogens with two attached hydrogens (primary N) is 1. The quantitative estimate of drug-likeness (QED) is 0.650. The van der Waals surface area contributed by atoms with Gasteiger partial charge in [-0.05, 0) is 0 Å². The summed E-state index contributed by atoms with van der Waals surface area (Å²) in [5, 5.41) is 8.91. The first-order valence-electron chi connectivity index (χ1n) is 7.53. The van der Waals surface area contributed by atoms with Crippen LogP contribution in [0.4, 0.5) is 14.5 Å². The molecule has 0 atom stereocenters. The molecular formula is C17H15F2N3O4. The van der Waals surface area contributed by atoms with E-state index in [1.807, 2.05) is 0 Å². The van der Waals surface area contributed by atoms with E-state index < -0.39 is 17.4 Å². The minimum absolute atomic E-state index is 0.00740. The summed E-state index contributed by atoms with van der Waals surface area (Å²) in [5.74, 6) is -2.06. The van der Waals surface area contributed by atoms with Crippen molar-refractivity contribution < 1.29 is 28.1 Å². The molecule has 3 aromatic rings. The Morgan fingerprint density at radius 3 is 2.54 bits per heavy atom. The Labute approximate surface area is 147 Å². The Kier molecular flexibility index (Phi) is 4.99. The normalized spacial score (nSPS) is 10.8. The van der Waals surface area contributed by atoms with Crippen LogP contribution in [0.3, 0.4) is 0 Å². The minimum atomic E-state index is -0.947. The second-order valence-corrected chi connectivity index (χ2v) is 5.16. The molecular weight excluding hydrogens is 348 g/mol. The fraction of sp³-hybridized carbons (Fsp3) is 0.176. The van der Waals surface area contributed by atoms with Gasteiger partial charge in [-0.2, -0.15) is 0 Å². The highest BCUT2D eigenvalue weighted by molar-refractivity contribution is 5.83. The highest BCUT2D eigenvalue weighted by atomic mass is 19.1. The van der Waals surface area contributed by atoms with Crippen molar-refractivity contribution in [2.75, 3.05) is 26.1 Å². The number of aliphatic hydroxyl groups excluding tert-OH is 1. The molecule has 0 aliphatic rings. The molecule has 0 bridgehead atoms. The summed E-state index contributed by atoms with van der Waals surface area (Å²) >= 11 is 0. The van der Waals surface area contributed by atoms with E-state index in [0.717, 1.165) is 12.1 Å². The predicted octanol–water partition coefficient (Wildman–Crippen LogP) is 2.66. The van der Waals surface area contributed by atoms with E-state index in [1.165, 1.54) is 25.4 Å². The molecule has 0 aliphatic carbocycles. The van der Waals surface area contributed by atoms with Gasteiger partial charge in [0, 0.05) is 36.1 Å². The van der Waals surface area contributed by atoms with Crippen molar-refractivity contribution in [3.63, 3.8) is 0 Å². The molecule has 0 radical (unpaired) electrons. The van der Waals surface area contributed by atoms with Crippen molar-refractivity contribution in [2.24, 2.45) is 0 Å². The third kappa shape index (κ3) is 3.42. The second kappa shape index (κ2) is 7.36. The Balaban J connectivity index is 2.09. The van der Waals surface area contributed by atoms with Crippen LogP contribution in [0, 0.1) is 11.6 Å². The van der Waals surface area contributed by atoms with Crippen LogP contribution in [-0.4, -0.2) is 35.4 Å². The van der Waals surface area contributed by atoms with Gasteiger partial charge in [-0.3, -0.25) is 4.98 Å². The van der Waals surface area contributed by atoms with E-state index in [9.17, 15) is 8.78 Å². The molecule has 0 aliphatic heterocycles. The summed E-state index contributed by atoms with van der Waals surface area (Å²) in [5.41, 5.74) is 5.91. The predicted molar refractivity (Wildman–Crippen MR) is 89.5 cm³/mol. The van der Waals surface area contributed by atoms with Crippen molar-refractivity contribution in [1.29, 1.82) is 0 Å². The van der Waals surface area contributed by atoms with Crippen molar-refractivity contribution >= 4 is 16.7 Å². The maximum absolute atomic E-state index is 14.0. The maximum Gasteiger partial charge on any atom is 0.257 e. The van der Waals surface area contributed by atoms with Crippen LogP contribution in [0.5, 0.6) is 23.1 Å². The van der Waals surface area contributed by atoms with Crippen LogP contribution in [0.1, 0.15) is 0 Å². The van der Waals surface area contributed by atoms with E-state index in [0.29, 0.717) is 11.3 Å². The first kappa shape index (κ1) is 17.6. The number of nitrogens with zero attached hydrogens (tertiary/aromatic N) is 2. The van der Waals surface area contributed by atoms with Gasteiger partial charge in [-0.1, -0.05) is 0 Å². The fourth-order valence-corrected chi connectivity index (χ4v) is 2.27. The molecule has 7 nitrogen and oxygen atoms in total. The van der Waals surface area contributed by atoms with Crippen LogP contribution in [0.25, 0.3) is 11.0 Å². The Bertz CT molecular complexity index is 930. The summed E-state index contributed by atoms with van der Waals surface area (Å²) < 4.78 is 43.9. The number of aromatic nitrogens is 2. The van der Waals surface area contributed by atoms with Gasteiger partial charge in [-0.15, -0.1) is 0 Å². The standard InChI is InChI=1S/C17H15F2N3O4/c1-24-14-8-12-15(22-17(14)25-5-4-23)13(2-3-21-12)26-16-10(18)6-9(20)7-11(16)19/h2-3,6-8,23H,4-5,20H2,1H3. The van der Waals surface area contributed by atoms with Gasteiger partial charge in [-0.25, -0.2) is 13.8 Å². The van der Waals surface area contributed by atoms with E-state index in [4.69, 9.17) is 25.1 Å². The number of benzene rings is 1. The third-order valence-electron chi connectivity index (χ3n) is 3.39. The number of pyridine rings is 2. The molecule has 1 aromatic carbocycles. The molecule has 0 unspecified atom stereocenters. The smallest absolute Gasteiger partial charge is 0.257 e. The first-order valence-corrected chi connectivity index (χ1v) is 7.53. The lowest BCUT2D eigenvalue weighted by Gasteiger charge is -2.13. The fourth-order valence-electron chi connectivity index (χ4n) is 2.27. The van der Waals surface area contributed by atoms with Crippen molar-refractivity contribution in [3.8, 4) is 23.1 Å². The van der Waals surface area contributed by atoms with Gasteiger partial charge in [0.2, 0.25) is 0 Å². The largest absolute Gasteiger partial charge is 0.491 e. The van der Waals surface area contributed by atoms with Gasteiger partial charge in [0.05, 0.1) is 19.2 Å². The van der Waals surface area contributed by atoms with Gasteiger partial charge in [0.15, 0.2) is 28.9 Å². The Morgan fingerprint density at radius 2 is 1.88 bits per heavy atom. The lowest BCUT2D eigenvalue weighted by Crippen LogP contribution is -2.05. The van der Waals surface area contributed by atoms with Crippen LogP contribution >= 0.6 is 0 Å². The minimum Gasteiger partial charge on any atom is -0.491 e. The average Bonchev–Trinajstić information content (AvgIpc) is 2.62. The van der Waals surface area contributed by atoms with Crippen LogP contribution in [0.15, 0.2) is 30.5 Å². The Hall–Kier alpha value is -3.20. The Morgan fingerprint density at radius 1 is 1.15 bits per heavy atom. The zero-order chi connectivity index (χ0) is 18.7. The van der Waals surface area contributed by atoms with E-state index in [-0.39, 0.29) is 36.0 Å². The van der Waals surface area contributed by atoms with Crippen molar-refractivity contribution in [1.82, 2.24) is 9.97 Å². The van der Waals surface area contributed by atoms with Crippen LogP contribution in [0.2, 0.25) is 0 Å². The number of anilines is 1. The lowest BCUT2D eigenvalue weighted by atomic mass is 10.2. The molecule has 0 fully saturated rings. The summed E-state index contributed by atoms with van der Waals surface area (Å²) in [6.45, 7) is -0.229. The zero-order valence-corrected chi connectivity index (χ0v) is 13.7. The SMILES string of the molecule is COc1cc2nccc(Oc3c(F)cc(N)cc3F)c2nc1OCCO. The molecule has 136 valence electrons. The number of fused-ring (bicyclic) bond motifs is 1. The van der Waals surface area contributed by atoms with E-state index in [1.54, 1.807) is 0 Å². The molecule has 0 spiro atoms. The van der Waals surface area contributed by atoms with E-state index in [2.05, 4.69) is 9.97 Å². The molecule has 2 heterocycles. The van der Waals surface area contributed by atoms with E-state index >= 15 is 0 Å². The molecule has 0 saturated carbocycles. The number of halogens is 2. The number of ether oxygens (including phenoxy) is 3. The maximum atomic E-state index is 14.0. The summed E-state index contributed by atoms with van der Waals surface area (Å²) in [4.78, 5) is 8.38. The first-order chi connectivity index (χ1) is 12.5. The summed E-state index contributed by atoms with van der Waals surface area (Å²) in [7, 11) is 1.42. The highest BCUT2D eigenvalue weighted by Gasteiger charge is 2.17. The number of hydrogen-bond donors (Lipinski definition) is 2. The van der Waals surface area contributed by atoms with Gasteiger partial charge in [0.25, 0.3) is 5.88 Å². The number of methoxy groups -OCH3 is 1. The number of nitrogen functional groups attached to an aromatic ring is 1. The monoisotopic (exact) mass is 363 g/mol. The van der Waals surface area contributed by atoms with Gasteiger partial charge in [0.1, 0.15) is 12.1 Å². The number of aliphatic hydroxyl groups is 1. The summed E-state index contributed by atoms with van der Waals surface area (Å²) in [6.07, 6.45) is 1.40. The number of rotatable bonds is 6. The van der Waals surface area contributed by atoms with Crippen LogP contribution < -0.4 is 19.9 Å². The molecule has 0 saturated heterocycles. The second-order valence-electron chi connectivity index (χ2n) is 5.16. The van der Waals surface area contributed by atoms with Gasteiger partial charge < -0.3 is 25.1 Å². The highest BCUT2D eigenvalue weighted by Crippen LogP contribution is 2.36. The van der Waals surface area contributed by atoms with Crippen LogP contribution in [-0.2, 0) is 0 Å². The average molecular weight is 363 g/mol. The zero-order valence-electron chi connectivity index (χ0n) is 13.7. The van der Waals surface area contributed by atoms with Gasteiger partial charge >= 0.3 is 0 Å². The van der Waals surface area contributed by atoms with Crippen molar-refractivity contribution in [2.45, 2.75) is 0 Å². The molecule has 26 heavy (non-hydrogen) atoms. The number of hydrogen-bond acceptors (Lipinski definition) is 7. The third-order valence-corrected chi connectivity index (χ3v) is 3.39.